The zero-order chi connectivity index (χ0) is 21.7. The lowest BCUT2D eigenvalue weighted by Gasteiger charge is -2.28. The number of urea groups is 1. The number of anilines is 1. The number of rotatable bonds is 6. The molecule has 1 fully saturated rings. The molecule has 0 aliphatic carbocycles. The maximum atomic E-state index is 13.1. The number of para-hydroxylation sites is 1. The molecule has 1 heterocycles. The molecule has 152 valence electrons. The van der Waals surface area contributed by atoms with Crippen LogP contribution in [-0.2, 0) is 16.0 Å². The summed E-state index contributed by atoms with van der Waals surface area (Å²) in [6, 6.07) is 12.9. The number of carbonyl (C=O) groups is 3. The molecule has 0 unspecified atom stereocenters. The van der Waals surface area contributed by atoms with E-state index in [1.54, 1.807) is 30.3 Å². The zero-order valence-electron chi connectivity index (χ0n) is 16.5. The predicted octanol–water partition coefficient (Wildman–Crippen LogP) is 2.83. The average Bonchev–Trinajstić information content (AvgIpc) is 2.75. The van der Waals surface area contributed by atoms with Crippen LogP contribution in [0.3, 0.4) is 0 Å². The van der Waals surface area contributed by atoms with E-state index in [1.807, 2.05) is 25.1 Å². The lowest BCUT2D eigenvalue weighted by molar-refractivity contribution is -0.122. The van der Waals surface area contributed by atoms with Crippen LogP contribution < -0.4 is 19.7 Å². The van der Waals surface area contributed by atoms with Gasteiger partial charge in [0.25, 0.3) is 11.8 Å². The van der Waals surface area contributed by atoms with Crippen molar-refractivity contribution in [1.29, 1.82) is 5.26 Å². The maximum absolute atomic E-state index is 13.1. The molecule has 1 N–H and O–H groups in total. The number of imide groups is 2. The highest BCUT2D eigenvalue weighted by atomic mass is 16.5. The summed E-state index contributed by atoms with van der Waals surface area (Å²) in [6.45, 7) is 1.76. The molecule has 2 aromatic rings. The van der Waals surface area contributed by atoms with Crippen molar-refractivity contribution in [2.45, 2.75) is 13.3 Å². The lowest BCUT2D eigenvalue weighted by Crippen LogP contribution is -2.54. The van der Waals surface area contributed by atoms with E-state index >= 15 is 0 Å². The maximum Gasteiger partial charge on any atom is 0.335 e. The largest absolute Gasteiger partial charge is 0.493 e. The molecule has 0 saturated carbocycles. The second-order valence-corrected chi connectivity index (χ2v) is 6.30. The van der Waals surface area contributed by atoms with Gasteiger partial charge in [-0.15, -0.1) is 0 Å². The van der Waals surface area contributed by atoms with Gasteiger partial charge >= 0.3 is 6.03 Å². The van der Waals surface area contributed by atoms with Crippen molar-refractivity contribution in [3.63, 3.8) is 0 Å². The molecule has 4 amide bonds. The van der Waals surface area contributed by atoms with E-state index in [1.165, 1.54) is 13.2 Å². The highest BCUT2D eigenvalue weighted by Gasteiger charge is 2.37. The van der Waals surface area contributed by atoms with Crippen molar-refractivity contribution in [2.75, 3.05) is 18.6 Å². The Bertz CT molecular complexity index is 1080. The van der Waals surface area contributed by atoms with Gasteiger partial charge in [0.2, 0.25) is 0 Å². The van der Waals surface area contributed by atoms with Crippen molar-refractivity contribution in [1.82, 2.24) is 5.32 Å². The molecule has 0 aromatic heterocycles. The first-order valence-electron chi connectivity index (χ1n) is 9.17. The van der Waals surface area contributed by atoms with Gasteiger partial charge in [-0.25, -0.2) is 9.69 Å². The monoisotopic (exact) mass is 405 g/mol. The minimum atomic E-state index is -0.791. The van der Waals surface area contributed by atoms with Crippen molar-refractivity contribution in [3.8, 4) is 17.6 Å². The Morgan fingerprint density at radius 2 is 1.90 bits per heavy atom. The van der Waals surface area contributed by atoms with E-state index in [9.17, 15) is 14.4 Å². The number of nitriles is 1. The normalized spacial score (nSPS) is 15.0. The molecule has 2 aromatic carbocycles. The summed E-state index contributed by atoms with van der Waals surface area (Å²) >= 11 is 0. The number of nitrogens with zero attached hydrogens (tertiary/aromatic N) is 2. The molecule has 0 radical (unpaired) electrons. The summed E-state index contributed by atoms with van der Waals surface area (Å²) in [5.41, 5.74) is 1.54. The van der Waals surface area contributed by atoms with Gasteiger partial charge in [0.15, 0.2) is 18.1 Å². The highest BCUT2D eigenvalue weighted by Crippen LogP contribution is 2.30. The number of ether oxygens (including phenoxy) is 2. The fourth-order valence-electron chi connectivity index (χ4n) is 3.07. The standard InChI is InChI=1S/C22H19N3O5/c1-3-15-6-4-5-7-17(15)25-21(27)16(20(26)24-22(25)28)12-14-8-9-18(30-11-10-23)19(13-14)29-2/h4-9,12-13H,3,11H2,1-2H3,(H,24,26,28). The molecular weight excluding hydrogens is 386 g/mol. The Hall–Kier alpha value is -4.12. The van der Waals surface area contributed by atoms with Gasteiger partial charge in [0.1, 0.15) is 11.6 Å². The minimum absolute atomic E-state index is 0.147. The van der Waals surface area contributed by atoms with Gasteiger partial charge in [-0.2, -0.15) is 5.26 Å². The van der Waals surface area contributed by atoms with Gasteiger partial charge in [0, 0.05) is 0 Å². The number of hydrogen-bond donors (Lipinski definition) is 1. The van der Waals surface area contributed by atoms with E-state index < -0.39 is 17.8 Å². The van der Waals surface area contributed by atoms with Crippen LogP contribution in [0.2, 0.25) is 0 Å². The summed E-state index contributed by atoms with van der Waals surface area (Å²) < 4.78 is 10.5. The third kappa shape index (κ3) is 4.00. The van der Waals surface area contributed by atoms with E-state index in [0.717, 1.165) is 10.5 Å². The fraction of sp³-hybridized carbons (Fsp3) is 0.182. The van der Waals surface area contributed by atoms with E-state index in [0.29, 0.717) is 29.2 Å². The number of nitrogens with one attached hydrogen (secondary N) is 1. The first-order valence-corrected chi connectivity index (χ1v) is 9.17. The average molecular weight is 405 g/mol. The summed E-state index contributed by atoms with van der Waals surface area (Å²) in [4.78, 5) is 38.8. The van der Waals surface area contributed by atoms with Crippen LogP contribution in [0.5, 0.6) is 11.5 Å². The van der Waals surface area contributed by atoms with Crippen LogP contribution in [0.1, 0.15) is 18.1 Å². The van der Waals surface area contributed by atoms with Crippen LogP contribution in [-0.4, -0.2) is 31.6 Å². The van der Waals surface area contributed by atoms with E-state index in [4.69, 9.17) is 14.7 Å². The van der Waals surface area contributed by atoms with Crippen LogP contribution in [0.4, 0.5) is 10.5 Å². The Morgan fingerprint density at radius 1 is 1.13 bits per heavy atom. The van der Waals surface area contributed by atoms with E-state index in [-0.39, 0.29) is 12.2 Å². The van der Waals surface area contributed by atoms with Crippen LogP contribution >= 0.6 is 0 Å². The summed E-state index contributed by atoms with van der Waals surface area (Å²) in [7, 11) is 1.44. The number of benzene rings is 2. The molecule has 8 heteroatoms. The minimum Gasteiger partial charge on any atom is -0.493 e. The van der Waals surface area contributed by atoms with Crippen LogP contribution in [0.25, 0.3) is 6.08 Å². The molecule has 1 aliphatic heterocycles. The second-order valence-electron chi connectivity index (χ2n) is 6.30. The van der Waals surface area contributed by atoms with Gasteiger partial charge in [-0.1, -0.05) is 31.2 Å². The molecule has 1 aliphatic rings. The smallest absolute Gasteiger partial charge is 0.335 e. The SMILES string of the molecule is CCc1ccccc1N1C(=O)NC(=O)C(=Cc2ccc(OCC#N)c(OC)c2)C1=O. The summed E-state index contributed by atoms with van der Waals surface area (Å²) in [6.07, 6.45) is 1.99. The number of barbiturate groups is 1. The van der Waals surface area contributed by atoms with E-state index in [2.05, 4.69) is 5.32 Å². The molecule has 1 saturated heterocycles. The second kappa shape index (κ2) is 8.92. The molecule has 0 bridgehead atoms. The van der Waals surface area contributed by atoms with Crippen molar-refractivity contribution < 1.29 is 23.9 Å². The number of amides is 4. The Morgan fingerprint density at radius 3 is 2.60 bits per heavy atom. The Kier molecular flexibility index (Phi) is 6.13. The summed E-state index contributed by atoms with van der Waals surface area (Å²) in [5.74, 6) is -0.797. The Labute approximate surface area is 173 Å². The molecule has 8 nitrogen and oxygen atoms in total. The fourth-order valence-corrected chi connectivity index (χ4v) is 3.07. The molecule has 3 rings (SSSR count). The van der Waals surface area contributed by atoms with Gasteiger partial charge in [0.05, 0.1) is 12.8 Å². The first-order chi connectivity index (χ1) is 14.5. The number of aryl methyl sites for hydroxylation is 1. The highest BCUT2D eigenvalue weighted by molar-refractivity contribution is 6.39. The topological polar surface area (TPSA) is 109 Å². The first kappa shape index (κ1) is 20.6. The van der Waals surface area contributed by atoms with Crippen molar-refractivity contribution >= 4 is 29.6 Å². The van der Waals surface area contributed by atoms with Crippen molar-refractivity contribution in [2.24, 2.45) is 0 Å². The third-order valence-corrected chi connectivity index (χ3v) is 4.51. The molecule has 0 atom stereocenters. The molecule has 30 heavy (non-hydrogen) atoms. The van der Waals surface area contributed by atoms with Crippen LogP contribution in [0.15, 0.2) is 48.0 Å². The molecular formula is C22H19N3O5. The zero-order valence-corrected chi connectivity index (χ0v) is 16.5. The van der Waals surface area contributed by atoms with Gasteiger partial charge in [-0.3, -0.25) is 14.9 Å². The van der Waals surface area contributed by atoms with Crippen LogP contribution in [0, 0.1) is 11.3 Å². The third-order valence-electron chi connectivity index (χ3n) is 4.51. The number of methoxy groups -OCH3 is 1. The predicted molar refractivity (Wildman–Crippen MR) is 109 cm³/mol. The number of carbonyl (C=O) groups excluding carboxylic acids is 3. The molecule has 0 spiro atoms. The summed E-state index contributed by atoms with van der Waals surface area (Å²) in [5, 5.41) is 10.9. The van der Waals surface area contributed by atoms with Gasteiger partial charge in [-0.05, 0) is 41.8 Å². The quantitative estimate of drug-likeness (QED) is 0.585. The van der Waals surface area contributed by atoms with Crippen molar-refractivity contribution in [3.05, 3.63) is 59.2 Å². The lowest BCUT2D eigenvalue weighted by atomic mass is 10.0. The Balaban J connectivity index is 2.00. The number of hydrogen-bond acceptors (Lipinski definition) is 6. The van der Waals surface area contributed by atoms with Gasteiger partial charge < -0.3 is 9.47 Å².